The number of carbonyl (C=O) groups is 2. The lowest BCUT2D eigenvalue weighted by Gasteiger charge is -2.19. The summed E-state index contributed by atoms with van der Waals surface area (Å²) in [7, 11) is 0. The molecule has 0 saturated heterocycles. The van der Waals surface area contributed by atoms with Gasteiger partial charge >= 0.3 is 6.09 Å². The number of hydrogen-bond donors (Lipinski definition) is 5. The third-order valence-corrected chi connectivity index (χ3v) is 4.92. The minimum absolute atomic E-state index is 0.155. The average Bonchev–Trinajstić information content (AvgIpc) is 2.91. The maximum absolute atomic E-state index is 13.0. The van der Waals surface area contributed by atoms with Gasteiger partial charge in [0.05, 0.1) is 34.4 Å². The number of anilines is 6. The van der Waals surface area contributed by atoms with Crippen LogP contribution in [-0.4, -0.2) is 33.7 Å². The zero-order valence-corrected chi connectivity index (χ0v) is 16.9. The molecule has 0 fully saturated rings. The van der Waals surface area contributed by atoms with Gasteiger partial charge < -0.3 is 26.2 Å². The van der Waals surface area contributed by atoms with Crippen LogP contribution >= 0.6 is 0 Å². The van der Waals surface area contributed by atoms with Crippen molar-refractivity contribution >= 4 is 46.3 Å². The van der Waals surface area contributed by atoms with Crippen molar-refractivity contribution < 1.29 is 19.8 Å². The summed E-state index contributed by atoms with van der Waals surface area (Å²) in [5.41, 5.74) is 2.72. The number of carboxylic acid groups (broad SMARTS) is 1. The molecule has 0 spiro atoms. The van der Waals surface area contributed by atoms with E-state index in [1.165, 1.54) is 18.3 Å². The normalized spacial score (nSPS) is 11.7. The Hall–Kier alpha value is -4.78. The Morgan fingerprint density at radius 2 is 2.00 bits per heavy atom. The van der Waals surface area contributed by atoms with Crippen LogP contribution in [0.25, 0.3) is 0 Å². The lowest BCUT2D eigenvalue weighted by atomic mass is 10.1. The van der Waals surface area contributed by atoms with Crippen LogP contribution in [0.3, 0.4) is 0 Å². The summed E-state index contributed by atoms with van der Waals surface area (Å²) in [5.74, 6) is -0.334. The van der Waals surface area contributed by atoms with Gasteiger partial charge in [0, 0.05) is 24.5 Å². The van der Waals surface area contributed by atoms with E-state index in [4.69, 9.17) is 5.26 Å². The van der Waals surface area contributed by atoms with E-state index in [9.17, 15) is 19.8 Å². The Labute approximate surface area is 182 Å². The molecule has 32 heavy (non-hydrogen) atoms. The molecule has 160 valence electrons. The van der Waals surface area contributed by atoms with Crippen molar-refractivity contribution in [3.05, 3.63) is 59.8 Å². The highest BCUT2D eigenvalue weighted by Gasteiger charge is 2.24. The molecule has 0 atom stereocenters. The van der Waals surface area contributed by atoms with Crippen LogP contribution in [0.15, 0.2) is 48.7 Å². The molecular formula is C22H18N6O4. The summed E-state index contributed by atoms with van der Waals surface area (Å²) in [5, 5.41) is 37.7. The molecule has 1 aliphatic rings. The lowest BCUT2D eigenvalue weighted by molar-refractivity contribution is 0.102. The van der Waals surface area contributed by atoms with Gasteiger partial charge in [0.2, 0.25) is 0 Å². The van der Waals surface area contributed by atoms with E-state index in [0.29, 0.717) is 34.1 Å². The molecule has 0 bridgehead atoms. The first-order valence-corrected chi connectivity index (χ1v) is 9.63. The molecule has 10 heteroatoms. The number of rotatable bonds is 4. The second kappa shape index (κ2) is 8.16. The Morgan fingerprint density at radius 1 is 1.19 bits per heavy atom. The molecule has 0 unspecified atom stereocenters. The van der Waals surface area contributed by atoms with Crippen molar-refractivity contribution in [1.29, 1.82) is 5.26 Å². The number of phenols is 1. The monoisotopic (exact) mass is 430 g/mol. The molecule has 5 N–H and O–H groups in total. The Kier molecular flexibility index (Phi) is 5.22. The van der Waals surface area contributed by atoms with Crippen molar-refractivity contribution in [1.82, 2.24) is 4.98 Å². The topological polar surface area (TPSA) is 151 Å². The van der Waals surface area contributed by atoms with E-state index in [2.05, 4.69) is 20.9 Å². The number of nitriles is 1. The first-order chi connectivity index (χ1) is 15.4. The third-order valence-electron chi connectivity index (χ3n) is 4.92. The Bertz CT molecular complexity index is 1280. The summed E-state index contributed by atoms with van der Waals surface area (Å²) in [6.07, 6.45) is 0.345. The largest absolute Gasteiger partial charge is 0.506 e. The summed E-state index contributed by atoms with van der Waals surface area (Å²) in [6, 6.07) is 13.0. The standard InChI is InChI=1S/C22H18N6O4/c1-2-28(22(31)32)17-6-4-13(10-18(17)29)25-15-7-8-24-20-19(15)21(30)27-16-9-12(11-23)3-5-14(16)26-20/h3-10,29H,2H2,1H3,(H,27,30)(H,31,32)(H2,24,25,26). The van der Waals surface area contributed by atoms with Crippen LogP contribution in [0.1, 0.15) is 22.8 Å². The summed E-state index contributed by atoms with van der Waals surface area (Å²) >= 11 is 0. The molecule has 0 aliphatic carbocycles. The number of pyridine rings is 1. The second-order valence-corrected chi connectivity index (χ2v) is 6.89. The fourth-order valence-corrected chi connectivity index (χ4v) is 3.42. The van der Waals surface area contributed by atoms with Gasteiger partial charge in [-0.05, 0) is 43.3 Å². The molecule has 2 heterocycles. The highest BCUT2D eigenvalue weighted by molar-refractivity contribution is 6.15. The van der Waals surface area contributed by atoms with Crippen LogP contribution in [0.2, 0.25) is 0 Å². The van der Waals surface area contributed by atoms with Gasteiger partial charge in [-0.25, -0.2) is 9.78 Å². The first kappa shape index (κ1) is 20.5. The van der Waals surface area contributed by atoms with Gasteiger partial charge in [0.15, 0.2) is 0 Å². The number of hydrogen-bond acceptors (Lipinski definition) is 7. The second-order valence-electron chi connectivity index (χ2n) is 6.89. The summed E-state index contributed by atoms with van der Waals surface area (Å²) in [4.78, 5) is 29.6. The number of carbonyl (C=O) groups excluding carboxylic acids is 1. The molecule has 1 aliphatic heterocycles. The van der Waals surface area contributed by atoms with Gasteiger partial charge in [-0.2, -0.15) is 5.26 Å². The molecule has 3 aromatic rings. The fourth-order valence-electron chi connectivity index (χ4n) is 3.42. The average molecular weight is 430 g/mol. The van der Waals surface area contributed by atoms with Crippen molar-refractivity contribution in [2.45, 2.75) is 6.92 Å². The number of aromatic nitrogens is 1. The number of aromatic hydroxyl groups is 1. The van der Waals surface area contributed by atoms with E-state index in [0.717, 1.165) is 4.90 Å². The van der Waals surface area contributed by atoms with Gasteiger partial charge in [0.25, 0.3) is 5.91 Å². The van der Waals surface area contributed by atoms with Crippen molar-refractivity contribution in [3.63, 3.8) is 0 Å². The Balaban J connectivity index is 1.68. The first-order valence-electron chi connectivity index (χ1n) is 9.63. The van der Waals surface area contributed by atoms with E-state index in [-0.39, 0.29) is 23.5 Å². The number of nitrogens with zero attached hydrogens (tertiary/aromatic N) is 3. The maximum Gasteiger partial charge on any atom is 0.411 e. The highest BCUT2D eigenvalue weighted by Crippen LogP contribution is 2.36. The van der Waals surface area contributed by atoms with Gasteiger partial charge in [-0.3, -0.25) is 9.69 Å². The quantitative estimate of drug-likeness (QED) is 0.413. The van der Waals surface area contributed by atoms with E-state index in [1.807, 2.05) is 6.07 Å². The predicted molar refractivity (Wildman–Crippen MR) is 119 cm³/mol. The maximum atomic E-state index is 13.0. The van der Waals surface area contributed by atoms with Crippen molar-refractivity contribution in [2.75, 3.05) is 27.4 Å². The predicted octanol–water partition coefficient (Wildman–Crippen LogP) is 4.22. The smallest absolute Gasteiger partial charge is 0.411 e. The van der Waals surface area contributed by atoms with Gasteiger partial charge in [-0.15, -0.1) is 0 Å². The zero-order chi connectivity index (χ0) is 22.8. The molecule has 10 nitrogen and oxygen atoms in total. The fraction of sp³-hybridized carbons (Fsp3) is 0.0909. The molecule has 1 aromatic heterocycles. The third kappa shape index (κ3) is 3.70. The molecular weight excluding hydrogens is 412 g/mol. The highest BCUT2D eigenvalue weighted by atomic mass is 16.4. The van der Waals surface area contributed by atoms with E-state index < -0.39 is 12.0 Å². The number of fused-ring (bicyclic) bond motifs is 2. The van der Waals surface area contributed by atoms with Crippen LogP contribution in [0, 0.1) is 11.3 Å². The summed E-state index contributed by atoms with van der Waals surface area (Å²) in [6.45, 7) is 1.84. The molecule has 4 rings (SSSR count). The zero-order valence-electron chi connectivity index (χ0n) is 16.9. The van der Waals surface area contributed by atoms with Crippen molar-refractivity contribution in [2.24, 2.45) is 0 Å². The number of nitrogens with one attached hydrogen (secondary N) is 3. The minimum Gasteiger partial charge on any atom is -0.506 e. The van der Waals surface area contributed by atoms with Crippen LogP contribution in [-0.2, 0) is 0 Å². The molecule has 2 amide bonds. The van der Waals surface area contributed by atoms with Crippen molar-refractivity contribution in [3.8, 4) is 11.8 Å². The van der Waals surface area contributed by atoms with Gasteiger partial charge in [-0.1, -0.05) is 0 Å². The number of benzene rings is 2. The molecule has 2 aromatic carbocycles. The van der Waals surface area contributed by atoms with E-state index >= 15 is 0 Å². The number of amides is 2. The van der Waals surface area contributed by atoms with Crippen LogP contribution in [0.5, 0.6) is 5.75 Å². The van der Waals surface area contributed by atoms with E-state index in [1.54, 1.807) is 37.3 Å². The summed E-state index contributed by atoms with van der Waals surface area (Å²) < 4.78 is 0. The Morgan fingerprint density at radius 3 is 2.69 bits per heavy atom. The van der Waals surface area contributed by atoms with Crippen LogP contribution < -0.4 is 20.9 Å². The van der Waals surface area contributed by atoms with Gasteiger partial charge in [0.1, 0.15) is 17.1 Å². The SMILES string of the molecule is CCN(C(=O)O)c1ccc(Nc2ccnc3c2C(=O)Nc2cc(C#N)ccc2N3)cc1O. The lowest BCUT2D eigenvalue weighted by Crippen LogP contribution is -2.28. The molecule has 0 radical (unpaired) electrons. The molecule has 0 saturated carbocycles. The van der Waals surface area contributed by atoms with Crippen LogP contribution in [0.4, 0.5) is 39.0 Å². The minimum atomic E-state index is -1.18. The number of phenolic OH excluding ortho intramolecular Hbond substituents is 1.